The number of ether oxygens (including phenoxy) is 1. The summed E-state index contributed by atoms with van der Waals surface area (Å²) < 4.78 is 10.9. The third kappa shape index (κ3) is 4.19. The molecular weight excluding hydrogens is 340 g/mol. The summed E-state index contributed by atoms with van der Waals surface area (Å²) >= 11 is 5.84. The van der Waals surface area contributed by atoms with E-state index < -0.39 is 0 Å². The van der Waals surface area contributed by atoms with Crippen LogP contribution >= 0.6 is 11.6 Å². The average Bonchev–Trinajstić information content (AvgIpc) is 2.93. The van der Waals surface area contributed by atoms with Crippen LogP contribution in [0.3, 0.4) is 0 Å². The van der Waals surface area contributed by atoms with E-state index in [1.54, 1.807) is 48.5 Å². The van der Waals surface area contributed by atoms with Crippen molar-refractivity contribution in [2.75, 3.05) is 5.32 Å². The topological polar surface area (TPSA) is 64.4 Å². The van der Waals surface area contributed by atoms with Gasteiger partial charge in [-0.15, -0.1) is 0 Å². The highest BCUT2D eigenvalue weighted by molar-refractivity contribution is 6.30. The summed E-state index contributed by atoms with van der Waals surface area (Å²) in [6, 6.07) is 13.9. The molecule has 25 heavy (non-hydrogen) atoms. The van der Waals surface area contributed by atoms with Gasteiger partial charge < -0.3 is 14.6 Å². The number of benzene rings is 2. The standard InChI is InChI=1S/C19H17ClN2O3/c1-12-18(13(2)25-22-12)11-24-17-5-3-4-14(10-17)19(23)21-16-8-6-15(20)7-9-16/h3-10H,11H2,1-2H3,(H,21,23). The fourth-order valence-corrected chi connectivity index (χ4v) is 2.45. The van der Waals surface area contributed by atoms with E-state index in [9.17, 15) is 4.79 Å². The van der Waals surface area contributed by atoms with E-state index >= 15 is 0 Å². The fourth-order valence-electron chi connectivity index (χ4n) is 2.33. The molecule has 0 atom stereocenters. The molecule has 6 heteroatoms. The summed E-state index contributed by atoms with van der Waals surface area (Å²) in [5.41, 5.74) is 2.90. The number of anilines is 1. The van der Waals surface area contributed by atoms with Crippen LogP contribution in [0.25, 0.3) is 0 Å². The number of amides is 1. The summed E-state index contributed by atoms with van der Waals surface area (Å²) in [6.07, 6.45) is 0. The SMILES string of the molecule is Cc1noc(C)c1COc1cccc(C(=O)Nc2ccc(Cl)cc2)c1. The van der Waals surface area contributed by atoms with Crippen LogP contribution < -0.4 is 10.1 Å². The van der Waals surface area contributed by atoms with E-state index in [4.69, 9.17) is 20.9 Å². The number of nitrogens with zero attached hydrogens (tertiary/aromatic N) is 1. The van der Waals surface area contributed by atoms with E-state index in [1.165, 1.54) is 0 Å². The van der Waals surface area contributed by atoms with Crippen LogP contribution in [0.2, 0.25) is 5.02 Å². The van der Waals surface area contributed by atoms with Crippen LogP contribution in [0.4, 0.5) is 5.69 Å². The lowest BCUT2D eigenvalue weighted by atomic mass is 10.2. The van der Waals surface area contributed by atoms with Crippen LogP contribution in [0.5, 0.6) is 5.75 Å². The first kappa shape index (κ1) is 17.0. The Kier molecular flexibility index (Phi) is 5.05. The van der Waals surface area contributed by atoms with Gasteiger partial charge in [-0.05, 0) is 56.3 Å². The number of hydrogen-bond donors (Lipinski definition) is 1. The maximum Gasteiger partial charge on any atom is 0.255 e. The summed E-state index contributed by atoms with van der Waals surface area (Å²) in [7, 11) is 0. The molecule has 1 aromatic heterocycles. The second-order valence-electron chi connectivity index (χ2n) is 5.58. The van der Waals surface area contributed by atoms with Gasteiger partial charge >= 0.3 is 0 Å². The van der Waals surface area contributed by atoms with Gasteiger partial charge in [-0.25, -0.2) is 0 Å². The van der Waals surface area contributed by atoms with Gasteiger partial charge in [0.1, 0.15) is 18.1 Å². The fraction of sp³-hybridized carbons (Fsp3) is 0.158. The van der Waals surface area contributed by atoms with Gasteiger partial charge in [-0.3, -0.25) is 4.79 Å². The van der Waals surface area contributed by atoms with Crippen molar-refractivity contribution in [3.8, 4) is 5.75 Å². The molecule has 0 saturated heterocycles. The molecule has 128 valence electrons. The molecule has 0 aliphatic rings. The molecule has 0 aliphatic heterocycles. The Morgan fingerprint density at radius 1 is 1.20 bits per heavy atom. The zero-order valence-corrected chi connectivity index (χ0v) is 14.6. The smallest absolute Gasteiger partial charge is 0.255 e. The average molecular weight is 357 g/mol. The Labute approximate surface area is 150 Å². The molecule has 0 unspecified atom stereocenters. The molecule has 1 amide bonds. The number of nitrogens with one attached hydrogen (secondary N) is 1. The lowest BCUT2D eigenvalue weighted by Crippen LogP contribution is -2.11. The molecule has 5 nitrogen and oxygen atoms in total. The first-order valence-corrected chi connectivity index (χ1v) is 8.12. The Bertz CT molecular complexity index is 868. The Morgan fingerprint density at radius 2 is 1.96 bits per heavy atom. The predicted molar refractivity (Wildman–Crippen MR) is 96.2 cm³/mol. The molecule has 0 fully saturated rings. The normalized spacial score (nSPS) is 10.5. The molecular formula is C19H17ClN2O3. The van der Waals surface area contributed by atoms with Gasteiger partial charge in [0.05, 0.1) is 11.3 Å². The molecule has 0 radical (unpaired) electrons. The molecule has 0 saturated carbocycles. The predicted octanol–water partition coefficient (Wildman–Crippen LogP) is 4.78. The molecule has 3 aromatic rings. The summed E-state index contributed by atoms with van der Waals surface area (Å²) in [5, 5.41) is 7.34. The summed E-state index contributed by atoms with van der Waals surface area (Å²) in [6.45, 7) is 4.04. The minimum atomic E-state index is -0.217. The van der Waals surface area contributed by atoms with Crippen LogP contribution in [-0.4, -0.2) is 11.1 Å². The Hall–Kier alpha value is -2.79. The van der Waals surface area contributed by atoms with E-state index in [-0.39, 0.29) is 5.91 Å². The van der Waals surface area contributed by atoms with Gasteiger partial charge in [-0.1, -0.05) is 22.8 Å². The van der Waals surface area contributed by atoms with Gasteiger partial charge in [0.15, 0.2) is 0 Å². The number of hydrogen-bond acceptors (Lipinski definition) is 4. The molecule has 0 aliphatic carbocycles. The highest BCUT2D eigenvalue weighted by atomic mass is 35.5. The van der Waals surface area contributed by atoms with Gasteiger partial charge in [0.25, 0.3) is 5.91 Å². The summed E-state index contributed by atoms with van der Waals surface area (Å²) in [4.78, 5) is 12.4. The van der Waals surface area contributed by atoms with Crippen LogP contribution in [0, 0.1) is 13.8 Å². The molecule has 1 heterocycles. The van der Waals surface area contributed by atoms with Crippen LogP contribution in [0.15, 0.2) is 53.1 Å². The Balaban J connectivity index is 1.68. The first-order chi connectivity index (χ1) is 12.0. The third-order valence-corrected chi connectivity index (χ3v) is 4.01. The zero-order chi connectivity index (χ0) is 17.8. The highest BCUT2D eigenvalue weighted by Crippen LogP contribution is 2.20. The van der Waals surface area contributed by atoms with Crippen LogP contribution in [0.1, 0.15) is 27.4 Å². The minimum absolute atomic E-state index is 0.217. The molecule has 3 rings (SSSR count). The van der Waals surface area contributed by atoms with Crippen molar-refractivity contribution in [3.63, 3.8) is 0 Å². The lowest BCUT2D eigenvalue weighted by molar-refractivity contribution is 0.102. The molecule has 0 bridgehead atoms. The van der Waals surface area contributed by atoms with E-state index in [0.717, 1.165) is 17.0 Å². The Morgan fingerprint density at radius 3 is 2.64 bits per heavy atom. The van der Waals surface area contributed by atoms with E-state index in [2.05, 4.69) is 10.5 Å². The van der Waals surface area contributed by atoms with Crippen molar-refractivity contribution in [2.45, 2.75) is 20.5 Å². The van der Waals surface area contributed by atoms with Gasteiger partial charge in [0, 0.05) is 16.3 Å². The number of rotatable bonds is 5. The van der Waals surface area contributed by atoms with Crippen molar-refractivity contribution in [3.05, 3.63) is 76.1 Å². The first-order valence-electron chi connectivity index (χ1n) is 7.74. The third-order valence-electron chi connectivity index (χ3n) is 3.76. The molecule has 0 spiro atoms. The number of aromatic nitrogens is 1. The van der Waals surface area contributed by atoms with E-state index in [0.29, 0.717) is 28.6 Å². The summed E-state index contributed by atoms with van der Waals surface area (Å²) in [5.74, 6) is 1.11. The highest BCUT2D eigenvalue weighted by Gasteiger charge is 2.11. The monoisotopic (exact) mass is 356 g/mol. The van der Waals surface area contributed by atoms with Crippen molar-refractivity contribution in [1.82, 2.24) is 5.16 Å². The van der Waals surface area contributed by atoms with Crippen molar-refractivity contribution in [2.24, 2.45) is 0 Å². The largest absolute Gasteiger partial charge is 0.489 e. The maximum atomic E-state index is 12.4. The number of carbonyl (C=O) groups is 1. The lowest BCUT2D eigenvalue weighted by Gasteiger charge is -2.09. The van der Waals surface area contributed by atoms with Crippen LogP contribution in [-0.2, 0) is 6.61 Å². The zero-order valence-electron chi connectivity index (χ0n) is 13.9. The molecule has 1 N–H and O–H groups in total. The number of halogens is 1. The van der Waals surface area contributed by atoms with E-state index in [1.807, 2.05) is 13.8 Å². The van der Waals surface area contributed by atoms with Crippen molar-refractivity contribution < 1.29 is 14.1 Å². The van der Waals surface area contributed by atoms with Gasteiger partial charge in [-0.2, -0.15) is 0 Å². The van der Waals surface area contributed by atoms with Crippen molar-refractivity contribution in [1.29, 1.82) is 0 Å². The maximum absolute atomic E-state index is 12.4. The number of aryl methyl sites for hydroxylation is 2. The quantitative estimate of drug-likeness (QED) is 0.714. The minimum Gasteiger partial charge on any atom is -0.489 e. The van der Waals surface area contributed by atoms with Crippen molar-refractivity contribution >= 4 is 23.2 Å². The second kappa shape index (κ2) is 7.40. The molecule has 2 aromatic carbocycles. The van der Waals surface area contributed by atoms with Gasteiger partial charge in [0.2, 0.25) is 0 Å². The number of carbonyl (C=O) groups excluding carboxylic acids is 1. The second-order valence-corrected chi connectivity index (χ2v) is 6.02.